The van der Waals surface area contributed by atoms with Crippen LogP contribution in [0.1, 0.15) is 65.0 Å². The summed E-state index contributed by atoms with van der Waals surface area (Å²) in [5.41, 5.74) is -2.54. The van der Waals surface area contributed by atoms with Gasteiger partial charge in [-0.15, -0.1) is 0 Å². The van der Waals surface area contributed by atoms with Gasteiger partial charge in [-0.1, -0.05) is 87.9 Å². The predicted molar refractivity (Wildman–Crippen MR) is 122 cm³/mol. The number of rotatable bonds is 6. The number of hydrogen-bond acceptors (Lipinski definition) is 4. The summed E-state index contributed by atoms with van der Waals surface area (Å²) in [7, 11) is 0. The fourth-order valence-corrected chi connectivity index (χ4v) is 4.99. The van der Waals surface area contributed by atoms with Crippen LogP contribution in [0.2, 0.25) is 0 Å². The van der Waals surface area contributed by atoms with Gasteiger partial charge in [0.05, 0.1) is 0 Å². The van der Waals surface area contributed by atoms with Crippen LogP contribution in [0, 0.1) is 11.8 Å². The molecule has 1 aliphatic carbocycles. The van der Waals surface area contributed by atoms with Crippen LogP contribution in [0.5, 0.6) is 0 Å². The van der Waals surface area contributed by atoms with E-state index in [0.29, 0.717) is 11.5 Å². The first-order chi connectivity index (χ1) is 14.5. The fraction of sp³-hybridized carbons (Fsp3) is 0.519. The van der Waals surface area contributed by atoms with E-state index in [1.54, 1.807) is 30.3 Å². The maximum absolute atomic E-state index is 13.5. The SMILES string of the molecule is C[C@@H]1CC[C@@H](C(C)(C)c2ccccc2)[C@H](OC(=O)[C@](O)(c2ccccc2)C(C)(C)O)C1. The van der Waals surface area contributed by atoms with Gasteiger partial charge >= 0.3 is 5.97 Å². The second-order valence-electron chi connectivity index (χ2n) is 10.2. The van der Waals surface area contributed by atoms with E-state index in [9.17, 15) is 15.0 Å². The van der Waals surface area contributed by atoms with Crippen LogP contribution in [0.25, 0.3) is 0 Å². The van der Waals surface area contributed by atoms with Gasteiger partial charge in [-0.2, -0.15) is 0 Å². The van der Waals surface area contributed by atoms with E-state index in [4.69, 9.17) is 4.74 Å². The minimum absolute atomic E-state index is 0.108. The molecule has 0 amide bonds. The summed E-state index contributed by atoms with van der Waals surface area (Å²) < 4.78 is 6.08. The van der Waals surface area contributed by atoms with Gasteiger partial charge in [-0.3, -0.25) is 0 Å². The lowest BCUT2D eigenvalue weighted by molar-refractivity contribution is -0.205. The van der Waals surface area contributed by atoms with E-state index >= 15 is 0 Å². The molecule has 2 aromatic rings. The number of hydrogen-bond donors (Lipinski definition) is 2. The van der Waals surface area contributed by atoms with Gasteiger partial charge in [-0.25, -0.2) is 4.79 Å². The Hall–Kier alpha value is -2.17. The molecule has 0 spiro atoms. The van der Waals surface area contributed by atoms with Crippen molar-refractivity contribution in [3.05, 3.63) is 71.8 Å². The molecule has 0 radical (unpaired) electrons. The zero-order valence-corrected chi connectivity index (χ0v) is 19.3. The van der Waals surface area contributed by atoms with E-state index in [1.807, 2.05) is 18.2 Å². The first-order valence-electron chi connectivity index (χ1n) is 11.2. The van der Waals surface area contributed by atoms with Crippen LogP contribution >= 0.6 is 0 Å². The Bertz CT molecular complexity index is 869. The summed E-state index contributed by atoms with van der Waals surface area (Å²) in [6.45, 7) is 9.45. The van der Waals surface area contributed by atoms with Crippen LogP contribution in [-0.2, 0) is 20.5 Å². The Labute approximate surface area is 186 Å². The lowest BCUT2D eigenvalue weighted by Crippen LogP contribution is -2.56. The molecule has 2 aromatic carbocycles. The molecule has 1 aliphatic rings. The van der Waals surface area contributed by atoms with E-state index in [-0.39, 0.29) is 17.4 Å². The molecular formula is C27H36O4. The maximum Gasteiger partial charge on any atom is 0.346 e. The Balaban J connectivity index is 1.94. The van der Waals surface area contributed by atoms with Crippen LogP contribution in [0.3, 0.4) is 0 Å². The molecule has 1 saturated carbocycles. The first kappa shape index (κ1) is 23.5. The van der Waals surface area contributed by atoms with E-state index < -0.39 is 17.2 Å². The van der Waals surface area contributed by atoms with Crippen molar-refractivity contribution < 1.29 is 19.7 Å². The molecule has 4 heteroatoms. The normalized spacial score (nSPS) is 24.3. The molecule has 4 nitrogen and oxygen atoms in total. The minimum atomic E-state index is -2.16. The van der Waals surface area contributed by atoms with Crippen LogP contribution in [0.4, 0.5) is 0 Å². The molecule has 0 aliphatic heterocycles. The summed E-state index contributed by atoms with van der Waals surface area (Å²) in [6, 6.07) is 18.9. The largest absolute Gasteiger partial charge is 0.460 e. The Morgan fingerprint density at radius 1 is 0.871 bits per heavy atom. The van der Waals surface area contributed by atoms with Gasteiger partial charge in [0.1, 0.15) is 11.7 Å². The fourth-order valence-electron chi connectivity index (χ4n) is 4.99. The molecule has 0 unspecified atom stereocenters. The first-order valence-corrected chi connectivity index (χ1v) is 11.2. The highest BCUT2D eigenvalue weighted by atomic mass is 16.6. The van der Waals surface area contributed by atoms with Crippen molar-refractivity contribution in [2.75, 3.05) is 0 Å². The van der Waals surface area contributed by atoms with Gasteiger partial charge in [0, 0.05) is 5.92 Å². The Kier molecular flexibility index (Phi) is 6.64. The monoisotopic (exact) mass is 424 g/mol. The molecular weight excluding hydrogens is 388 g/mol. The highest BCUT2D eigenvalue weighted by Crippen LogP contribution is 2.45. The third-order valence-corrected chi connectivity index (χ3v) is 7.13. The topological polar surface area (TPSA) is 66.8 Å². The summed E-state index contributed by atoms with van der Waals surface area (Å²) in [6.07, 6.45) is 2.41. The lowest BCUT2D eigenvalue weighted by atomic mass is 9.64. The van der Waals surface area contributed by atoms with E-state index in [2.05, 4.69) is 32.9 Å². The van der Waals surface area contributed by atoms with Crippen molar-refractivity contribution in [2.45, 2.75) is 76.6 Å². The van der Waals surface area contributed by atoms with E-state index in [0.717, 1.165) is 19.3 Å². The van der Waals surface area contributed by atoms with Gasteiger partial charge in [0.2, 0.25) is 5.60 Å². The molecule has 0 bridgehead atoms. The van der Waals surface area contributed by atoms with Gasteiger partial charge in [-0.05, 0) is 49.1 Å². The van der Waals surface area contributed by atoms with Crippen molar-refractivity contribution in [1.82, 2.24) is 0 Å². The zero-order valence-electron chi connectivity index (χ0n) is 19.3. The molecule has 1 fully saturated rings. The van der Waals surface area contributed by atoms with E-state index in [1.165, 1.54) is 19.4 Å². The van der Waals surface area contributed by atoms with Gasteiger partial charge in [0.15, 0.2) is 0 Å². The summed E-state index contributed by atoms with van der Waals surface area (Å²) in [5.74, 6) is -0.261. The molecule has 4 atom stereocenters. The average Bonchev–Trinajstić information content (AvgIpc) is 2.73. The van der Waals surface area contributed by atoms with Gasteiger partial charge in [0.25, 0.3) is 0 Å². The number of carbonyl (C=O) groups is 1. The number of ether oxygens (including phenoxy) is 1. The lowest BCUT2D eigenvalue weighted by Gasteiger charge is -2.45. The second-order valence-corrected chi connectivity index (χ2v) is 10.2. The van der Waals surface area contributed by atoms with Crippen molar-refractivity contribution in [3.8, 4) is 0 Å². The molecule has 31 heavy (non-hydrogen) atoms. The molecule has 3 rings (SSSR count). The molecule has 0 saturated heterocycles. The summed E-state index contributed by atoms with van der Waals surface area (Å²) in [4.78, 5) is 13.5. The Morgan fingerprint density at radius 2 is 1.39 bits per heavy atom. The highest BCUT2D eigenvalue weighted by molar-refractivity contribution is 5.83. The number of carbonyl (C=O) groups excluding carboxylic acids is 1. The number of aliphatic hydroxyl groups is 2. The molecule has 2 N–H and O–H groups in total. The second kappa shape index (κ2) is 8.76. The molecule has 168 valence electrons. The smallest absolute Gasteiger partial charge is 0.346 e. The van der Waals surface area contributed by atoms with Crippen LogP contribution in [0.15, 0.2) is 60.7 Å². The van der Waals surface area contributed by atoms with Crippen LogP contribution in [-0.4, -0.2) is 27.9 Å². The highest BCUT2D eigenvalue weighted by Gasteiger charge is 2.53. The predicted octanol–water partition coefficient (Wildman–Crippen LogP) is 4.97. The summed E-state index contributed by atoms with van der Waals surface area (Å²) >= 11 is 0. The zero-order chi connectivity index (χ0) is 22.9. The third-order valence-electron chi connectivity index (χ3n) is 7.13. The maximum atomic E-state index is 13.5. The quantitative estimate of drug-likeness (QED) is 0.643. The molecule has 0 aromatic heterocycles. The third kappa shape index (κ3) is 4.56. The Morgan fingerprint density at radius 3 is 1.90 bits per heavy atom. The summed E-state index contributed by atoms with van der Waals surface area (Å²) in [5, 5.41) is 22.3. The van der Waals surface area contributed by atoms with Crippen molar-refractivity contribution in [2.24, 2.45) is 11.8 Å². The van der Waals surface area contributed by atoms with Crippen molar-refractivity contribution >= 4 is 5.97 Å². The van der Waals surface area contributed by atoms with Crippen molar-refractivity contribution in [1.29, 1.82) is 0 Å². The van der Waals surface area contributed by atoms with Crippen LogP contribution < -0.4 is 0 Å². The average molecular weight is 425 g/mol. The number of esters is 1. The van der Waals surface area contributed by atoms with Crippen molar-refractivity contribution in [3.63, 3.8) is 0 Å². The molecule has 0 heterocycles. The standard InChI is InChI=1S/C27H36O4/c1-19-16-17-22(25(2,3)20-12-8-6-9-13-20)23(18-19)31-24(28)27(30,26(4,5)29)21-14-10-7-11-15-21/h6-15,19,22-23,29-30H,16-18H2,1-5H3/t19-,22-,23-,27-/m1/s1. The van der Waals surface area contributed by atoms with Gasteiger partial charge < -0.3 is 14.9 Å². The minimum Gasteiger partial charge on any atom is -0.460 e. The number of benzene rings is 2.